The number of hydrogen-bond donors (Lipinski definition) is 0. The average molecular weight is 455 g/mol. The molecule has 0 nitrogen and oxygen atoms in total. The molecular weight excluding hydrogens is 408 g/mol. The van der Waals surface area contributed by atoms with Gasteiger partial charge in [0.05, 0.1) is 0 Å². The lowest BCUT2D eigenvalue weighted by Gasteiger charge is -2.37. The SMILES string of the molecule is CCCCCCCCCCCC(C1=Cc2ccccc2C1(C)C)C1=Cc2ccccc2C1(C)C. The molecule has 0 saturated heterocycles. The zero-order valence-corrected chi connectivity index (χ0v) is 22.4. The summed E-state index contributed by atoms with van der Waals surface area (Å²) in [5.74, 6) is 0.509. The van der Waals surface area contributed by atoms with Gasteiger partial charge in [0.1, 0.15) is 0 Å². The number of benzene rings is 2. The van der Waals surface area contributed by atoms with Crippen molar-refractivity contribution in [1.82, 2.24) is 0 Å². The minimum Gasteiger partial charge on any atom is -0.0654 e. The van der Waals surface area contributed by atoms with E-state index in [0.717, 1.165) is 0 Å². The van der Waals surface area contributed by atoms with E-state index >= 15 is 0 Å². The highest BCUT2D eigenvalue weighted by Crippen LogP contribution is 2.53. The second-order valence-electron chi connectivity index (χ2n) is 11.8. The van der Waals surface area contributed by atoms with Crippen molar-refractivity contribution in [2.45, 2.75) is 110 Å². The first-order valence-corrected chi connectivity index (χ1v) is 14.0. The van der Waals surface area contributed by atoms with Crippen molar-refractivity contribution in [3.63, 3.8) is 0 Å². The molecule has 4 rings (SSSR count). The third-order valence-electron chi connectivity index (χ3n) is 8.68. The van der Waals surface area contributed by atoms with Crippen LogP contribution in [0.2, 0.25) is 0 Å². The van der Waals surface area contributed by atoms with Crippen LogP contribution in [0.1, 0.15) is 121 Å². The van der Waals surface area contributed by atoms with E-state index in [1.54, 1.807) is 11.1 Å². The standard InChI is InChI=1S/C34H46/c1-6-7-8-9-10-11-12-13-14-21-28(31-24-26-19-15-17-22-29(26)33(31,2)3)32-25-27-20-16-18-23-30(27)34(32,4)5/h15-20,22-25,28H,6-14,21H2,1-5H3. The predicted molar refractivity (Wildman–Crippen MR) is 150 cm³/mol. The Morgan fingerprint density at radius 1 is 0.559 bits per heavy atom. The molecule has 0 bridgehead atoms. The number of hydrogen-bond acceptors (Lipinski definition) is 0. The molecule has 2 aromatic carbocycles. The Labute approximate surface area is 209 Å². The minimum atomic E-state index is 0.0895. The first-order chi connectivity index (χ1) is 16.4. The van der Waals surface area contributed by atoms with Gasteiger partial charge in [0.15, 0.2) is 0 Å². The van der Waals surface area contributed by atoms with E-state index in [4.69, 9.17) is 0 Å². The summed E-state index contributed by atoms with van der Waals surface area (Å²) in [7, 11) is 0. The maximum absolute atomic E-state index is 2.54. The molecule has 0 N–H and O–H groups in total. The van der Waals surface area contributed by atoms with E-state index < -0.39 is 0 Å². The Morgan fingerprint density at radius 2 is 0.971 bits per heavy atom. The molecular formula is C34H46. The maximum atomic E-state index is 2.54. The average Bonchev–Trinajstić information content (AvgIpc) is 3.25. The third-order valence-corrected chi connectivity index (χ3v) is 8.68. The topological polar surface area (TPSA) is 0 Å². The first-order valence-electron chi connectivity index (χ1n) is 14.0. The molecule has 0 heteroatoms. The van der Waals surface area contributed by atoms with Gasteiger partial charge in [-0.2, -0.15) is 0 Å². The van der Waals surface area contributed by atoms with Gasteiger partial charge in [0.2, 0.25) is 0 Å². The van der Waals surface area contributed by atoms with Crippen LogP contribution in [0.5, 0.6) is 0 Å². The molecule has 0 spiro atoms. The Kier molecular flexibility index (Phi) is 7.86. The van der Waals surface area contributed by atoms with Crippen LogP contribution in [-0.2, 0) is 10.8 Å². The molecule has 0 saturated carbocycles. The Morgan fingerprint density at radius 3 is 1.41 bits per heavy atom. The molecule has 0 atom stereocenters. The molecule has 0 aromatic heterocycles. The molecule has 0 unspecified atom stereocenters. The highest BCUT2D eigenvalue weighted by molar-refractivity contribution is 5.75. The van der Waals surface area contributed by atoms with Crippen LogP contribution >= 0.6 is 0 Å². The molecule has 0 heterocycles. The smallest absolute Gasteiger partial charge is 0.0120 e. The highest BCUT2D eigenvalue weighted by atomic mass is 14.5. The van der Waals surface area contributed by atoms with E-state index in [-0.39, 0.29) is 10.8 Å². The van der Waals surface area contributed by atoms with Crippen LogP contribution in [0, 0.1) is 5.92 Å². The monoisotopic (exact) mass is 454 g/mol. The fourth-order valence-electron chi connectivity index (χ4n) is 6.60. The summed E-state index contributed by atoms with van der Waals surface area (Å²) >= 11 is 0. The summed E-state index contributed by atoms with van der Waals surface area (Å²) in [6.45, 7) is 12.1. The lowest BCUT2D eigenvalue weighted by molar-refractivity contribution is 0.449. The largest absolute Gasteiger partial charge is 0.0654 e. The van der Waals surface area contributed by atoms with Gasteiger partial charge in [-0.25, -0.2) is 0 Å². The minimum absolute atomic E-state index is 0.0895. The van der Waals surface area contributed by atoms with Gasteiger partial charge in [-0.1, -0.05) is 164 Å². The van der Waals surface area contributed by atoms with E-state index in [9.17, 15) is 0 Å². The van der Waals surface area contributed by atoms with Crippen molar-refractivity contribution in [2.75, 3.05) is 0 Å². The number of allylic oxidation sites excluding steroid dienone is 2. The van der Waals surface area contributed by atoms with Crippen LogP contribution in [0.3, 0.4) is 0 Å². The van der Waals surface area contributed by atoms with Crippen molar-refractivity contribution in [3.8, 4) is 0 Å². The van der Waals surface area contributed by atoms with E-state index in [1.165, 1.54) is 86.5 Å². The van der Waals surface area contributed by atoms with Gasteiger partial charge >= 0.3 is 0 Å². The maximum Gasteiger partial charge on any atom is 0.0120 e. The Balaban J connectivity index is 1.51. The third kappa shape index (κ3) is 4.98. The van der Waals surface area contributed by atoms with Crippen molar-refractivity contribution < 1.29 is 0 Å². The molecule has 34 heavy (non-hydrogen) atoms. The highest BCUT2D eigenvalue weighted by Gasteiger charge is 2.43. The number of fused-ring (bicyclic) bond motifs is 2. The molecule has 182 valence electrons. The second kappa shape index (κ2) is 10.7. The van der Waals surface area contributed by atoms with Crippen LogP contribution in [-0.4, -0.2) is 0 Å². The summed E-state index contributed by atoms with van der Waals surface area (Å²) in [4.78, 5) is 0. The van der Waals surface area contributed by atoms with Crippen molar-refractivity contribution in [2.24, 2.45) is 5.92 Å². The fraction of sp³-hybridized carbons (Fsp3) is 0.529. The molecule has 2 aliphatic rings. The van der Waals surface area contributed by atoms with E-state index in [2.05, 4.69) is 95.3 Å². The van der Waals surface area contributed by atoms with Crippen LogP contribution in [0.4, 0.5) is 0 Å². The van der Waals surface area contributed by atoms with Crippen LogP contribution in [0.15, 0.2) is 59.7 Å². The van der Waals surface area contributed by atoms with Gasteiger partial charge in [-0.3, -0.25) is 0 Å². The quantitative estimate of drug-likeness (QED) is 0.280. The van der Waals surface area contributed by atoms with Crippen molar-refractivity contribution >= 4 is 12.2 Å². The zero-order chi connectivity index (χ0) is 24.2. The molecule has 0 fully saturated rings. The second-order valence-corrected chi connectivity index (χ2v) is 11.8. The zero-order valence-electron chi connectivity index (χ0n) is 22.4. The molecule has 0 aliphatic heterocycles. The van der Waals surface area contributed by atoms with Gasteiger partial charge < -0.3 is 0 Å². The van der Waals surface area contributed by atoms with Gasteiger partial charge in [-0.05, 0) is 28.7 Å². The number of rotatable bonds is 12. The summed E-state index contributed by atoms with van der Waals surface area (Å²) < 4.78 is 0. The van der Waals surface area contributed by atoms with Crippen molar-refractivity contribution in [1.29, 1.82) is 0 Å². The Bertz CT molecular complexity index is 956. The molecule has 0 amide bonds. The first kappa shape index (κ1) is 25.0. The van der Waals surface area contributed by atoms with Crippen LogP contribution in [0.25, 0.3) is 12.2 Å². The Hall–Kier alpha value is -2.08. The fourth-order valence-corrected chi connectivity index (χ4v) is 6.60. The summed E-state index contributed by atoms with van der Waals surface area (Å²) in [6, 6.07) is 18.1. The summed E-state index contributed by atoms with van der Waals surface area (Å²) in [5.41, 5.74) is 9.27. The van der Waals surface area contributed by atoms with Gasteiger partial charge in [0.25, 0.3) is 0 Å². The van der Waals surface area contributed by atoms with Gasteiger partial charge in [0, 0.05) is 16.7 Å². The molecule has 2 aliphatic carbocycles. The van der Waals surface area contributed by atoms with Gasteiger partial charge in [-0.15, -0.1) is 0 Å². The molecule has 2 aromatic rings. The van der Waals surface area contributed by atoms with E-state index in [1.807, 2.05) is 0 Å². The van der Waals surface area contributed by atoms with E-state index in [0.29, 0.717) is 5.92 Å². The summed E-state index contributed by atoms with van der Waals surface area (Å²) in [5, 5.41) is 0. The lowest BCUT2D eigenvalue weighted by Crippen LogP contribution is -2.29. The predicted octanol–water partition coefficient (Wildman–Crippen LogP) is 10.3. The normalized spacial score (nSPS) is 17.5. The molecule has 0 radical (unpaired) electrons. The van der Waals surface area contributed by atoms with Crippen molar-refractivity contribution in [3.05, 3.63) is 81.9 Å². The summed E-state index contributed by atoms with van der Waals surface area (Å²) in [6.07, 6.45) is 18.8. The van der Waals surface area contributed by atoms with Crippen LogP contribution < -0.4 is 0 Å². The lowest BCUT2D eigenvalue weighted by atomic mass is 9.67. The number of unbranched alkanes of at least 4 members (excludes halogenated alkanes) is 8.